The molecule has 1 fully saturated rings. The lowest BCUT2D eigenvalue weighted by molar-refractivity contribution is 0.426. The van der Waals surface area contributed by atoms with E-state index in [1.807, 2.05) is 12.1 Å². The molecule has 0 aliphatic heterocycles. The van der Waals surface area contributed by atoms with Gasteiger partial charge in [0.25, 0.3) is 0 Å². The summed E-state index contributed by atoms with van der Waals surface area (Å²) in [7, 11) is -1.37. The first-order valence-corrected chi connectivity index (χ1v) is 6.34. The highest BCUT2D eigenvalue weighted by Crippen LogP contribution is 2.48. The van der Waals surface area contributed by atoms with Gasteiger partial charge in [-0.05, 0) is 60.2 Å². The second-order valence-corrected chi connectivity index (χ2v) is 5.34. The second-order valence-electron chi connectivity index (χ2n) is 5.34. The van der Waals surface area contributed by atoms with Crippen LogP contribution in [0.25, 0.3) is 5.57 Å². The molecule has 2 unspecified atom stereocenters. The van der Waals surface area contributed by atoms with Gasteiger partial charge in [0.2, 0.25) is 0 Å². The van der Waals surface area contributed by atoms with Crippen LogP contribution in [0.15, 0.2) is 24.3 Å². The fraction of sp³-hybridized carbons (Fsp3) is 0.429. The van der Waals surface area contributed by atoms with E-state index in [4.69, 9.17) is 0 Å². The van der Waals surface area contributed by atoms with Gasteiger partial charge in [0.05, 0.1) is 0 Å². The zero-order valence-corrected chi connectivity index (χ0v) is 10.1. The molecule has 2 aliphatic carbocycles. The molecule has 0 saturated heterocycles. The molecule has 17 heavy (non-hydrogen) atoms. The Morgan fingerprint density at radius 3 is 2.65 bits per heavy atom. The van der Waals surface area contributed by atoms with Crippen LogP contribution >= 0.6 is 0 Å². The summed E-state index contributed by atoms with van der Waals surface area (Å²) in [4.78, 5) is 0. The standard InChI is InChI=1S/C14H17BO2/c1-9-2-5-12(15(16)17)8-13(9)14-7-10-3-4-11(14)6-10/h2,5,7-8,10-11,16-17H,3-4,6H2,1H3. The lowest BCUT2D eigenvalue weighted by Crippen LogP contribution is -2.30. The predicted molar refractivity (Wildman–Crippen MR) is 69.8 cm³/mol. The monoisotopic (exact) mass is 228 g/mol. The highest BCUT2D eigenvalue weighted by atomic mass is 16.4. The van der Waals surface area contributed by atoms with Crippen LogP contribution in [0.5, 0.6) is 0 Å². The first-order valence-electron chi connectivity index (χ1n) is 6.34. The van der Waals surface area contributed by atoms with Gasteiger partial charge < -0.3 is 10.0 Å². The molecule has 2 bridgehead atoms. The Morgan fingerprint density at radius 1 is 1.24 bits per heavy atom. The molecule has 0 aromatic heterocycles. The van der Waals surface area contributed by atoms with Crippen molar-refractivity contribution in [1.29, 1.82) is 0 Å². The molecule has 2 aliphatic rings. The number of hydrogen-bond acceptors (Lipinski definition) is 2. The zero-order valence-electron chi connectivity index (χ0n) is 10.1. The minimum absolute atomic E-state index is 0.592. The van der Waals surface area contributed by atoms with E-state index in [0.29, 0.717) is 11.4 Å². The lowest BCUT2D eigenvalue weighted by atomic mass is 9.77. The summed E-state index contributed by atoms with van der Waals surface area (Å²) >= 11 is 0. The summed E-state index contributed by atoms with van der Waals surface area (Å²) in [6.45, 7) is 2.09. The smallest absolute Gasteiger partial charge is 0.423 e. The first kappa shape index (κ1) is 11.1. The van der Waals surface area contributed by atoms with E-state index in [1.165, 1.54) is 36.0 Å². The molecule has 0 heterocycles. The quantitative estimate of drug-likeness (QED) is 0.753. The Morgan fingerprint density at radius 2 is 2.06 bits per heavy atom. The van der Waals surface area contributed by atoms with E-state index < -0.39 is 7.12 Å². The lowest BCUT2D eigenvalue weighted by Gasteiger charge is -2.17. The van der Waals surface area contributed by atoms with Crippen molar-refractivity contribution in [1.82, 2.24) is 0 Å². The molecule has 2 nitrogen and oxygen atoms in total. The van der Waals surface area contributed by atoms with E-state index in [-0.39, 0.29) is 0 Å². The van der Waals surface area contributed by atoms with Gasteiger partial charge in [-0.1, -0.05) is 24.3 Å². The van der Waals surface area contributed by atoms with Gasteiger partial charge >= 0.3 is 7.12 Å². The van der Waals surface area contributed by atoms with Gasteiger partial charge in [0.1, 0.15) is 0 Å². The van der Waals surface area contributed by atoms with Gasteiger partial charge in [0, 0.05) is 0 Å². The SMILES string of the molecule is Cc1ccc(B(O)O)cc1C1=CC2CCC1C2. The highest BCUT2D eigenvalue weighted by Gasteiger charge is 2.33. The summed E-state index contributed by atoms with van der Waals surface area (Å²) < 4.78 is 0. The van der Waals surface area contributed by atoms with Crippen molar-refractivity contribution in [3.05, 3.63) is 35.4 Å². The Kier molecular flexibility index (Phi) is 2.60. The van der Waals surface area contributed by atoms with E-state index in [2.05, 4.69) is 13.0 Å². The fourth-order valence-electron chi connectivity index (χ4n) is 3.26. The highest BCUT2D eigenvalue weighted by molar-refractivity contribution is 6.58. The summed E-state index contributed by atoms with van der Waals surface area (Å²) in [5.74, 6) is 1.46. The van der Waals surface area contributed by atoms with Crippen LogP contribution in [0, 0.1) is 18.8 Å². The summed E-state index contributed by atoms with van der Waals surface area (Å²) in [6, 6.07) is 5.71. The number of aryl methyl sites for hydroxylation is 1. The molecule has 2 atom stereocenters. The van der Waals surface area contributed by atoms with Crippen molar-refractivity contribution >= 4 is 18.2 Å². The molecule has 3 rings (SSSR count). The maximum Gasteiger partial charge on any atom is 0.488 e. The summed E-state index contributed by atoms with van der Waals surface area (Å²) in [6.07, 6.45) is 6.31. The molecular weight excluding hydrogens is 211 g/mol. The Bertz CT molecular complexity index is 479. The molecule has 1 saturated carbocycles. The summed E-state index contributed by atoms with van der Waals surface area (Å²) in [5.41, 5.74) is 4.46. The molecular formula is C14H17BO2. The maximum atomic E-state index is 9.25. The van der Waals surface area contributed by atoms with Crippen LogP contribution < -0.4 is 5.46 Å². The Hall–Kier alpha value is -1.06. The average Bonchev–Trinajstić information content (AvgIpc) is 2.91. The average molecular weight is 228 g/mol. The number of fused-ring (bicyclic) bond motifs is 2. The molecule has 0 radical (unpaired) electrons. The maximum absolute atomic E-state index is 9.25. The van der Waals surface area contributed by atoms with Crippen molar-refractivity contribution in [2.75, 3.05) is 0 Å². The fourth-order valence-corrected chi connectivity index (χ4v) is 3.26. The van der Waals surface area contributed by atoms with Gasteiger partial charge in [-0.15, -0.1) is 0 Å². The zero-order chi connectivity index (χ0) is 12.0. The van der Waals surface area contributed by atoms with Crippen molar-refractivity contribution < 1.29 is 10.0 Å². The predicted octanol–water partition coefficient (Wildman–Crippen LogP) is 1.49. The van der Waals surface area contributed by atoms with Crippen molar-refractivity contribution in [2.45, 2.75) is 26.2 Å². The van der Waals surface area contributed by atoms with Crippen LogP contribution in [0.1, 0.15) is 30.4 Å². The third-order valence-electron chi connectivity index (χ3n) is 4.20. The molecule has 0 amide bonds. The van der Waals surface area contributed by atoms with Crippen LogP contribution in [0.3, 0.4) is 0 Å². The third-order valence-corrected chi connectivity index (χ3v) is 4.20. The van der Waals surface area contributed by atoms with Gasteiger partial charge in [-0.25, -0.2) is 0 Å². The molecule has 3 heteroatoms. The molecule has 1 aromatic carbocycles. The minimum atomic E-state index is -1.37. The number of hydrogen-bond donors (Lipinski definition) is 2. The Balaban J connectivity index is 2.02. The van der Waals surface area contributed by atoms with Crippen LogP contribution in [-0.4, -0.2) is 17.2 Å². The topological polar surface area (TPSA) is 40.5 Å². The number of rotatable bonds is 2. The summed E-state index contributed by atoms with van der Waals surface area (Å²) in [5, 5.41) is 18.5. The number of allylic oxidation sites excluding steroid dienone is 2. The van der Waals surface area contributed by atoms with E-state index in [1.54, 1.807) is 6.07 Å². The number of benzene rings is 1. The Labute approximate surface area is 102 Å². The molecule has 88 valence electrons. The molecule has 2 N–H and O–H groups in total. The third kappa shape index (κ3) is 1.83. The van der Waals surface area contributed by atoms with E-state index in [9.17, 15) is 10.0 Å². The van der Waals surface area contributed by atoms with Crippen molar-refractivity contribution in [2.24, 2.45) is 11.8 Å². The van der Waals surface area contributed by atoms with Crippen LogP contribution in [-0.2, 0) is 0 Å². The van der Waals surface area contributed by atoms with Crippen LogP contribution in [0.4, 0.5) is 0 Å². The van der Waals surface area contributed by atoms with Gasteiger partial charge in [-0.2, -0.15) is 0 Å². The van der Waals surface area contributed by atoms with Crippen LogP contribution in [0.2, 0.25) is 0 Å². The second kappa shape index (κ2) is 4.00. The van der Waals surface area contributed by atoms with E-state index >= 15 is 0 Å². The first-order chi connectivity index (χ1) is 8.15. The van der Waals surface area contributed by atoms with Crippen molar-refractivity contribution in [3.8, 4) is 0 Å². The normalized spacial score (nSPS) is 26.2. The van der Waals surface area contributed by atoms with E-state index in [0.717, 1.165) is 5.92 Å². The molecule has 0 spiro atoms. The van der Waals surface area contributed by atoms with Crippen molar-refractivity contribution in [3.63, 3.8) is 0 Å². The van der Waals surface area contributed by atoms with Gasteiger partial charge in [-0.3, -0.25) is 0 Å². The van der Waals surface area contributed by atoms with Gasteiger partial charge in [0.15, 0.2) is 0 Å². The molecule has 1 aromatic rings. The minimum Gasteiger partial charge on any atom is -0.423 e. The largest absolute Gasteiger partial charge is 0.488 e.